The Labute approximate surface area is 349 Å². The summed E-state index contributed by atoms with van der Waals surface area (Å²) >= 11 is 0. The standard InChI is InChI=1S/C47H83N2O7P/c1-6-8-10-12-14-16-18-20-21-23-25-27-29-31-35-39-46(51)45(43-56-57(53,54)55-42-41-49(3,4)5)48-47(52)40-36-32-34-38-44(50)37-33-30-28-26-24-22-19-17-15-13-11-9-7-2/h9,11,15,17,22,24,28,30,32-35,37,39,44-46,50-51H,6-8,10,12-14,16,18-21,23,25-27,29,31,36,38,40-43H2,1-5H3,(H-,48,52,53,54)/p+1/b11-9-,17-15-,24-22-,30-28-,34-32-,37-33-,39-35+/t44?,45-,46+/m0/s1. The number of carbonyl (C=O) groups excluding carboxylic acids is 1. The van der Waals surface area contributed by atoms with E-state index in [2.05, 4.69) is 55.6 Å². The Balaban J connectivity index is 4.70. The van der Waals surface area contributed by atoms with Gasteiger partial charge in [-0.3, -0.25) is 13.8 Å². The summed E-state index contributed by atoms with van der Waals surface area (Å²) in [7, 11) is 1.45. The Morgan fingerprint density at radius 3 is 1.81 bits per heavy atom. The third-order valence-electron chi connectivity index (χ3n) is 9.21. The number of amides is 1. The quantitative estimate of drug-likeness (QED) is 0.0161. The average Bonchev–Trinajstić information content (AvgIpc) is 3.15. The zero-order valence-corrected chi connectivity index (χ0v) is 37.5. The van der Waals surface area contributed by atoms with Gasteiger partial charge in [-0.05, 0) is 51.4 Å². The molecule has 328 valence electrons. The van der Waals surface area contributed by atoms with Gasteiger partial charge in [0.1, 0.15) is 13.2 Å². The molecule has 0 heterocycles. The Morgan fingerprint density at radius 2 is 1.23 bits per heavy atom. The van der Waals surface area contributed by atoms with Gasteiger partial charge in [0.05, 0.1) is 46.0 Å². The molecular formula is C47H84N2O7P+. The van der Waals surface area contributed by atoms with Crippen LogP contribution >= 0.6 is 7.82 Å². The maximum Gasteiger partial charge on any atom is 0.472 e. The first-order valence-corrected chi connectivity index (χ1v) is 23.6. The maximum absolute atomic E-state index is 12.8. The number of aliphatic hydroxyl groups is 2. The predicted octanol–water partition coefficient (Wildman–Crippen LogP) is 11.2. The lowest BCUT2D eigenvalue weighted by Crippen LogP contribution is -2.45. The molecule has 0 bridgehead atoms. The van der Waals surface area contributed by atoms with Gasteiger partial charge in [-0.2, -0.15) is 0 Å². The normalized spacial score (nSPS) is 15.7. The van der Waals surface area contributed by atoms with Crippen molar-refractivity contribution in [2.45, 2.75) is 167 Å². The van der Waals surface area contributed by atoms with Crippen LogP contribution in [0.5, 0.6) is 0 Å². The monoisotopic (exact) mass is 820 g/mol. The second-order valence-corrected chi connectivity index (χ2v) is 17.3. The van der Waals surface area contributed by atoms with E-state index in [1.807, 2.05) is 57.6 Å². The van der Waals surface area contributed by atoms with Gasteiger partial charge in [-0.1, -0.05) is 176 Å². The molecule has 0 radical (unpaired) electrons. The van der Waals surface area contributed by atoms with Crippen LogP contribution < -0.4 is 5.32 Å². The van der Waals surface area contributed by atoms with Crippen LogP contribution in [0.2, 0.25) is 0 Å². The minimum atomic E-state index is -4.39. The van der Waals surface area contributed by atoms with Gasteiger partial charge in [0.15, 0.2) is 0 Å². The van der Waals surface area contributed by atoms with Crippen molar-refractivity contribution < 1.29 is 38.0 Å². The molecule has 0 saturated heterocycles. The van der Waals surface area contributed by atoms with Crippen molar-refractivity contribution in [3.63, 3.8) is 0 Å². The molecule has 0 aromatic heterocycles. The molecule has 4 atom stereocenters. The summed E-state index contributed by atoms with van der Waals surface area (Å²) in [6.45, 7) is 4.53. The SMILES string of the molecule is CC/C=C\C/C=C\C/C=C\C/C=C\C=C/C(O)C/C=C\CCC(=O)N[C@@H](COP(=O)(O)OCC[N+](C)(C)C)[C@H](O)/C=C/CCCCCCCCCCCCCCC. The van der Waals surface area contributed by atoms with E-state index in [0.29, 0.717) is 23.9 Å². The van der Waals surface area contributed by atoms with E-state index in [0.717, 1.165) is 44.9 Å². The molecule has 1 amide bonds. The second-order valence-electron chi connectivity index (χ2n) is 15.9. The van der Waals surface area contributed by atoms with Crippen LogP contribution in [0, 0.1) is 0 Å². The third-order valence-corrected chi connectivity index (χ3v) is 10.2. The number of hydrogen-bond donors (Lipinski definition) is 4. The highest BCUT2D eigenvalue weighted by Gasteiger charge is 2.27. The summed E-state index contributed by atoms with van der Waals surface area (Å²) in [6.07, 6.45) is 48.2. The fraction of sp³-hybridized carbons (Fsp3) is 0.681. The van der Waals surface area contributed by atoms with Crippen LogP contribution in [0.1, 0.15) is 149 Å². The van der Waals surface area contributed by atoms with Crippen molar-refractivity contribution in [2.24, 2.45) is 0 Å². The summed E-state index contributed by atoms with van der Waals surface area (Å²) in [5, 5.41) is 24.0. The molecule has 0 aliphatic rings. The largest absolute Gasteiger partial charge is 0.472 e. The molecule has 9 nitrogen and oxygen atoms in total. The molecule has 2 unspecified atom stereocenters. The van der Waals surface area contributed by atoms with E-state index in [1.165, 1.54) is 70.6 Å². The highest BCUT2D eigenvalue weighted by molar-refractivity contribution is 7.47. The Morgan fingerprint density at radius 1 is 0.667 bits per heavy atom. The zero-order chi connectivity index (χ0) is 42.3. The number of allylic oxidation sites excluding steroid dienone is 11. The maximum atomic E-state index is 12.8. The van der Waals surface area contributed by atoms with Crippen molar-refractivity contribution in [2.75, 3.05) is 40.9 Å². The highest BCUT2D eigenvalue weighted by atomic mass is 31.2. The Kier molecular flexibility index (Phi) is 36.3. The van der Waals surface area contributed by atoms with Crippen LogP contribution in [-0.4, -0.2) is 84.6 Å². The summed E-state index contributed by atoms with van der Waals surface area (Å²) in [4.78, 5) is 23.1. The molecule has 0 aromatic rings. The van der Waals surface area contributed by atoms with Gasteiger partial charge in [0, 0.05) is 6.42 Å². The topological polar surface area (TPSA) is 125 Å². The van der Waals surface area contributed by atoms with Gasteiger partial charge in [0.2, 0.25) is 5.91 Å². The number of aliphatic hydroxyl groups excluding tert-OH is 2. The van der Waals surface area contributed by atoms with Crippen molar-refractivity contribution in [1.82, 2.24) is 5.32 Å². The molecular weight excluding hydrogens is 735 g/mol. The molecule has 0 aliphatic carbocycles. The van der Waals surface area contributed by atoms with Crippen LogP contribution in [0.15, 0.2) is 85.1 Å². The van der Waals surface area contributed by atoms with E-state index in [-0.39, 0.29) is 25.5 Å². The summed E-state index contributed by atoms with van der Waals surface area (Å²) in [5.41, 5.74) is 0. The molecule has 0 saturated carbocycles. The number of quaternary nitrogens is 1. The first-order chi connectivity index (χ1) is 27.4. The van der Waals surface area contributed by atoms with E-state index in [9.17, 15) is 24.5 Å². The van der Waals surface area contributed by atoms with Gasteiger partial charge >= 0.3 is 7.82 Å². The van der Waals surface area contributed by atoms with Crippen molar-refractivity contribution in [1.29, 1.82) is 0 Å². The van der Waals surface area contributed by atoms with Gasteiger partial charge in [0.25, 0.3) is 0 Å². The first-order valence-electron chi connectivity index (χ1n) is 22.1. The highest BCUT2D eigenvalue weighted by Crippen LogP contribution is 2.43. The van der Waals surface area contributed by atoms with Crippen LogP contribution in [0.25, 0.3) is 0 Å². The average molecular weight is 820 g/mol. The van der Waals surface area contributed by atoms with Crippen LogP contribution in [0.4, 0.5) is 0 Å². The van der Waals surface area contributed by atoms with Crippen molar-refractivity contribution in [3.05, 3.63) is 85.1 Å². The number of phosphoric ester groups is 1. The number of phosphoric acid groups is 1. The molecule has 0 aliphatic heterocycles. The first kappa shape index (κ1) is 54.6. The van der Waals surface area contributed by atoms with Crippen LogP contribution in [-0.2, 0) is 18.4 Å². The van der Waals surface area contributed by atoms with E-state index >= 15 is 0 Å². The number of unbranched alkanes of at least 4 members (excludes halogenated alkanes) is 13. The summed E-state index contributed by atoms with van der Waals surface area (Å²) in [5.74, 6) is -0.323. The minimum absolute atomic E-state index is 0.0249. The van der Waals surface area contributed by atoms with Gasteiger partial charge < -0.3 is 24.9 Å². The summed E-state index contributed by atoms with van der Waals surface area (Å²) < 4.78 is 23.5. The fourth-order valence-corrected chi connectivity index (χ4v) is 6.41. The molecule has 0 rings (SSSR count). The number of nitrogens with zero attached hydrogens (tertiary/aromatic N) is 1. The predicted molar refractivity (Wildman–Crippen MR) is 241 cm³/mol. The number of nitrogens with one attached hydrogen (secondary N) is 1. The Hall–Kier alpha value is -2.36. The van der Waals surface area contributed by atoms with E-state index < -0.39 is 26.1 Å². The number of rotatable bonds is 38. The number of carbonyl (C=O) groups is 1. The summed E-state index contributed by atoms with van der Waals surface area (Å²) in [6, 6.07) is -0.933. The molecule has 57 heavy (non-hydrogen) atoms. The number of hydrogen-bond acceptors (Lipinski definition) is 6. The second kappa shape index (κ2) is 37.9. The lowest BCUT2D eigenvalue weighted by atomic mass is 10.0. The van der Waals surface area contributed by atoms with E-state index in [4.69, 9.17) is 9.05 Å². The minimum Gasteiger partial charge on any atom is -0.389 e. The lowest BCUT2D eigenvalue weighted by molar-refractivity contribution is -0.870. The van der Waals surface area contributed by atoms with Gasteiger partial charge in [-0.25, -0.2) is 4.57 Å². The molecule has 10 heteroatoms. The van der Waals surface area contributed by atoms with E-state index in [1.54, 1.807) is 12.2 Å². The molecule has 4 N–H and O–H groups in total. The molecule has 0 spiro atoms. The zero-order valence-electron chi connectivity index (χ0n) is 36.7. The smallest absolute Gasteiger partial charge is 0.389 e. The van der Waals surface area contributed by atoms with Crippen molar-refractivity contribution >= 4 is 13.7 Å². The van der Waals surface area contributed by atoms with Crippen LogP contribution in [0.3, 0.4) is 0 Å². The molecule has 0 aromatic carbocycles. The number of likely N-dealkylation sites (N-methyl/N-ethyl adjacent to an activating group) is 1. The fourth-order valence-electron chi connectivity index (χ4n) is 5.68. The Bertz CT molecular complexity index is 1220. The van der Waals surface area contributed by atoms with Crippen molar-refractivity contribution in [3.8, 4) is 0 Å². The third kappa shape index (κ3) is 40.2. The lowest BCUT2D eigenvalue weighted by Gasteiger charge is -2.25. The van der Waals surface area contributed by atoms with Gasteiger partial charge in [-0.15, -0.1) is 0 Å². The molecule has 0 fully saturated rings.